The summed E-state index contributed by atoms with van der Waals surface area (Å²) in [7, 11) is 0. The number of hydrogen-bond donors (Lipinski definition) is 2. The maximum absolute atomic E-state index is 12.5. The summed E-state index contributed by atoms with van der Waals surface area (Å²) < 4.78 is 1.89. The molecular formula is C20H23ClN4O. The van der Waals surface area contributed by atoms with Crippen LogP contribution < -0.4 is 5.32 Å². The van der Waals surface area contributed by atoms with Crippen LogP contribution in [0.2, 0.25) is 5.02 Å². The lowest BCUT2D eigenvalue weighted by molar-refractivity contribution is -0.122. The van der Waals surface area contributed by atoms with Gasteiger partial charge >= 0.3 is 0 Å². The Bertz CT molecular complexity index is 972. The molecule has 26 heavy (non-hydrogen) atoms. The molecule has 6 heteroatoms. The Hall–Kier alpha value is -2.27. The molecule has 0 radical (unpaired) electrons. The van der Waals surface area contributed by atoms with Gasteiger partial charge in [-0.25, -0.2) is 0 Å². The number of nitrogens with one attached hydrogen (secondary N) is 2. The molecule has 1 atom stereocenters. The Morgan fingerprint density at radius 2 is 2.23 bits per heavy atom. The van der Waals surface area contributed by atoms with E-state index in [0.29, 0.717) is 13.0 Å². The molecule has 136 valence electrons. The second kappa shape index (κ2) is 6.80. The molecule has 0 bridgehead atoms. The van der Waals surface area contributed by atoms with Crippen molar-refractivity contribution in [1.29, 1.82) is 0 Å². The smallest absolute Gasteiger partial charge is 0.222 e. The molecule has 3 aromatic rings. The van der Waals surface area contributed by atoms with Crippen molar-refractivity contribution < 1.29 is 4.79 Å². The molecule has 0 fully saturated rings. The molecule has 0 spiro atoms. The van der Waals surface area contributed by atoms with E-state index in [2.05, 4.69) is 15.4 Å². The maximum atomic E-state index is 12.5. The van der Waals surface area contributed by atoms with Crippen molar-refractivity contribution in [1.82, 2.24) is 20.1 Å². The number of aryl methyl sites for hydroxylation is 4. The van der Waals surface area contributed by atoms with Crippen molar-refractivity contribution in [3.05, 3.63) is 51.9 Å². The van der Waals surface area contributed by atoms with E-state index in [1.807, 2.05) is 42.8 Å². The van der Waals surface area contributed by atoms with Gasteiger partial charge in [0.15, 0.2) is 0 Å². The van der Waals surface area contributed by atoms with Crippen LogP contribution in [-0.2, 0) is 17.8 Å². The largest absolute Gasteiger partial charge is 0.356 e. The Morgan fingerprint density at radius 1 is 1.38 bits per heavy atom. The highest BCUT2D eigenvalue weighted by Crippen LogP contribution is 2.35. The fourth-order valence-corrected chi connectivity index (χ4v) is 4.13. The maximum Gasteiger partial charge on any atom is 0.222 e. The number of halogens is 1. The molecule has 2 heterocycles. The molecule has 1 aromatic carbocycles. The first kappa shape index (κ1) is 17.2. The predicted molar refractivity (Wildman–Crippen MR) is 103 cm³/mol. The molecule has 1 aliphatic rings. The van der Waals surface area contributed by atoms with Gasteiger partial charge in [0, 0.05) is 40.3 Å². The minimum atomic E-state index is 0.0397. The second-order valence-corrected chi connectivity index (χ2v) is 7.56. The molecule has 0 saturated carbocycles. The summed E-state index contributed by atoms with van der Waals surface area (Å²) in [5.74, 6) is 0.0621. The van der Waals surface area contributed by atoms with Gasteiger partial charge < -0.3 is 10.3 Å². The number of aromatic nitrogens is 3. The number of carbonyl (C=O) groups excluding carboxylic acids is 1. The molecular weight excluding hydrogens is 348 g/mol. The summed E-state index contributed by atoms with van der Waals surface area (Å²) in [6, 6.07) is 7.99. The highest BCUT2D eigenvalue weighted by Gasteiger charge is 2.25. The Morgan fingerprint density at radius 3 is 3.00 bits per heavy atom. The van der Waals surface area contributed by atoms with Crippen molar-refractivity contribution in [3.63, 3.8) is 0 Å². The first-order chi connectivity index (χ1) is 12.5. The van der Waals surface area contributed by atoms with Crippen LogP contribution in [0.15, 0.2) is 24.3 Å². The van der Waals surface area contributed by atoms with Crippen LogP contribution in [0.5, 0.6) is 0 Å². The molecule has 4 rings (SSSR count). The highest BCUT2D eigenvalue weighted by molar-refractivity contribution is 6.31. The topological polar surface area (TPSA) is 62.7 Å². The minimum absolute atomic E-state index is 0.0397. The fourth-order valence-electron chi connectivity index (χ4n) is 3.95. The first-order valence-corrected chi connectivity index (χ1v) is 9.49. The lowest BCUT2D eigenvalue weighted by Crippen LogP contribution is -2.31. The molecule has 0 saturated heterocycles. The summed E-state index contributed by atoms with van der Waals surface area (Å²) in [5.41, 5.74) is 5.58. The van der Waals surface area contributed by atoms with Crippen molar-refractivity contribution in [3.8, 4) is 0 Å². The number of aromatic amines is 1. The van der Waals surface area contributed by atoms with Crippen molar-refractivity contribution in [2.24, 2.45) is 0 Å². The van der Waals surface area contributed by atoms with Gasteiger partial charge in [0.2, 0.25) is 5.91 Å². The Balaban J connectivity index is 1.48. The van der Waals surface area contributed by atoms with Crippen LogP contribution in [-0.4, -0.2) is 20.7 Å². The van der Waals surface area contributed by atoms with Gasteiger partial charge in [0.25, 0.3) is 0 Å². The standard InChI is InChI=1S/C20H23ClN4O/c1-12-10-13(2)25(24-12)9-8-19(26)22-18-5-3-4-15-16-11-14(21)6-7-17(16)23-20(15)18/h6-7,10-11,18,23H,3-5,8-9H2,1-2H3,(H,22,26). The molecule has 2 aromatic heterocycles. The van der Waals surface area contributed by atoms with Gasteiger partial charge in [0.1, 0.15) is 0 Å². The summed E-state index contributed by atoms with van der Waals surface area (Å²) in [4.78, 5) is 16.0. The van der Waals surface area contributed by atoms with E-state index in [4.69, 9.17) is 11.6 Å². The third-order valence-electron chi connectivity index (χ3n) is 5.16. The summed E-state index contributed by atoms with van der Waals surface area (Å²) in [5, 5.41) is 9.54. The molecule has 2 N–H and O–H groups in total. The van der Waals surface area contributed by atoms with Gasteiger partial charge in [-0.15, -0.1) is 0 Å². The third-order valence-corrected chi connectivity index (χ3v) is 5.39. The van der Waals surface area contributed by atoms with E-state index >= 15 is 0 Å². The fraction of sp³-hybridized carbons (Fsp3) is 0.400. The average Bonchev–Trinajstić information content (AvgIpc) is 3.13. The van der Waals surface area contributed by atoms with Crippen molar-refractivity contribution in [2.75, 3.05) is 0 Å². The quantitative estimate of drug-likeness (QED) is 0.722. The molecule has 5 nitrogen and oxygen atoms in total. The van der Waals surface area contributed by atoms with Crippen LogP contribution in [0.1, 0.15) is 47.9 Å². The number of H-pyrrole nitrogens is 1. The van der Waals surface area contributed by atoms with Crippen LogP contribution in [0, 0.1) is 13.8 Å². The number of nitrogens with zero attached hydrogens (tertiary/aromatic N) is 2. The zero-order valence-corrected chi connectivity index (χ0v) is 15.9. The van der Waals surface area contributed by atoms with Crippen LogP contribution >= 0.6 is 11.6 Å². The van der Waals surface area contributed by atoms with Crippen molar-refractivity contribution in [2.45, 2.75) is 52.1 Å². The number of rotatable bonds is 4. The summed E-state index contributed by atoms with van der Waals surface area (Å²) in [6.45, 7) is 4.59. The normalized spacial score (nSPS) is 16.7. The SMILES string of the molecule is Cc1cc(C)n(CCC(=O)NC2CCCc3c2[nH]c2ccc(Cl)cc32)n1. The van der Waals surface area contributed by atoms with E-state index in [1.54, 1.807) is 0 Å². The molecule has 1 amide bonds. The van der Waals surface area contributed by atoms with Crippen molar-refractivity contribution >= 4 is 28.4 Å². The monoisotopic (exact) mass is 370 g/mol. The van der Waals surface area contributed by atoms with E-state index in [0.717, 1.165) is 46.9 Å². The van der Waals surface area contributed by atoms with Gasteiger partial charge in [-0.05, 0) is 62.9 Å². The average molecular weight is 371 g/mol. The predicted octanol–water partition coefficient (Wildman–Crippen LogP) is 4.22. The van der Waals surface area contributed by atoms with E-state index < -0.39 is 0 Å². The summed E-state index contributed by atoms with van der Waals surface area (Å²) >= 11 is 6.16. The van der Waals surface area contributed by atoms with Gasteiger partial charge in [0.05, 0.1) is 11.7 Å². The number of hydrogen-bond acceptors (Lipinski definition) is 2. The number of benzene rings is 1. The lowest BCUT2D eigenvalue weighted by atomic mass is 9.91. The number of carbonyl (C=O) groups is 1. The van der Waals surface area contributed by atoms with E-state index in [-0.39, 0.29) is 11.9 Å². The third kappa shape index (κ3) is 3.23. The van der Waals surface area contributed by atoms with Crippen LogP contribution in [0.4, 0.5) is 0 Å². The van der Waals surface area contributed by atoms with Gasteiger partial charge in [-0.1, -0.05) is 11.6 Å². The Kier molecular flexibility index (Phi) is 4.49. The van der Waals surface area contributed by atoms with Crippen LogP contribution in [0.3, 0.4) is 0 Å². The van der Waals surface area contributed by atoms with E-state index in [1.165, 1.54) is 10.9 Å². The lowest BCUT2D eigenvalue weighted by Gasteiger charge is -2.24. The zero-order valence-electron chi connectivity index (χ0n) is 15.1. The number of fused-ring (bicyclic) bond motifs is 3. The van der Waals surface area contributed by atoms with Gasteiger partial charge in [-0.3, -0.25) is 9.48 Å². The second-order valence-electron chi connectivity index (χ2n) is 7.12. The first-order valence-electron chi connectivity index (χ1n) is 9.11. The zero-order chi connectivity index (χ0) is 18.3. The molecule has 1 aliphatic carbocycles. The molecule has 0 aliphatic heterocycles. The summed E-state index contributed by atoms with van der Waals surface area (Å²) in [6.07, 6.45) is 3.47. The van der Waals surface area contributed by atoms with E-state index in [9.17, 15) is 4.79 Å². The van der Waals surface area contributed by atoms with Crippen LogP contribution in [0.25, 0.3) is 10.9 Å². The Labute approximate surface area is 157 Å². The highest BCUT2D eigenvalue weighted by atomic mass is 35.5. The van der Waals surface area contributed by atoms with Gasteiger partial charge in [-0.2, -0.15) is 5.10 Å². The molecule has 1 unspecified atom stereocenters. The number of amides is 1. The minimum Gasteiger partial charge on any atom is -0.356 e.